The van der Waals surface area contributed by atoms with E-state index in [4.69, 9.17) is 4.74 Å². The Morgan fingerprint density at radius 2 is 2.11 bits per heavy atom. The number of benzene rings is 1. The third kappa shape index (κ3) is 4.15. The van der Waals surface area contributed by atoms with Crippen molar-refractivity contribution in [1.29, 1.82) is 0 Å². The van der Waals surface area contributed by atoms with Crippen molar-refractivity contribution in [1.82, 2.24) is 9.62 Å². The number of sulfonamides is 1. The Labute approximate surface area is 169 Å². The number of carbonyl (C=O) groups is 1. The number of nitrogens with zero attached hydrogens (tertiary/aromatic N) is 1. The summed E-state index contributed by atoms with van der Waals surface area (Å²) < 4.78 is 33.4. The molecular formula is C20H24N2O4S2. The van der Waals surface area contributed by atoms with Gasteiger partial charge in [0.1, 0.15) is 0 Å². The monoisotopic (exact) mass is 420 g/mol. The van der Waals surface area contributed by atoms with Gasteiger partial charge in [0.2, 0.25) is 10.0 Å². The minimum atomic E-state index is -3.68. The first-order chi connectivity index (χ1) is 13.5. The summed E-state index contributed by atoms with van der Waals surface area (Å²) in [5, 5.41) is 2.02. The predicted octanol–water partition coefficient (Wildman–Crippen LogP) is 3.18. The van der Waals surface area contributed by atoms with Gasteiger partial charge in [0.15, 0.2) is 0 Å². The van der Waals surface area contributed by atoms with E-state index in [0.29, 0.717) is 18.7 Å². The molecule has 2 atom stereocenters. The van der Waals surface area contributed by atoms with E-state index in [-0.39, 0.29) is 29.5 Å². The lowest BCUT2D eigenvalue weighted by atomic mass is 10.1. The number of likely N-dealkylation sites (tertiary alicyclic amines) is 1. The molecule has 150 valence electrons. The van der Waals surface area contributed by atoms with Crippen molar-refractivity contribution in [3.8, 4) is 0 Å². The Balaban J connectivity index is 1.50. The molecule has 0 radical (unpaired) electrons. The van der Waals surface area contributed by atoms with Crippen LogP contribution in [-0.4, -0.2) is 45.0 Å². The van der Waals surface area contributed by atoms with Crippen molar-refractivity contribution in [2.24, 2.45) is 0 Å². The van der Waals surface area contributed by atoms with Crippen LogP contribution >= 0.6 is 11.3 Å². The van der Waals surface area contributed by atoms with Crippen LogP contribution in [0, 0.1) is 0 Å². The molecule has 0 bridgehead atoms. The molecule has 1 N–H and O–H groups in total. The molecule has 2 aromatic rings. The maximum Gasteiger partial charge on any atom is 0.254 e. The van der Waals surface area contributed by atoms with E-state index in [0.717, 1.165) is 25.7 Å². The van der Waals surface area contributed by atoms with Gasteiger partial charge in [-0.3, -0.25) is 4.79 Å². The zero-order chi connectivity index (χ0) is 19.6. The Morgan fingerprint density at radius 1 is 1.21 bits per heavy atom. The predicted molar refractivity (Wildman–Crippen MR) is 108 cm³/mol. The number of ether oxygens (including phenoxy) is 1. The first kappa shape index (κ1) is 19.6. The highest BCUT2D eigenvalue weighted by atomic mass is 32.2. The molecule has 0 aliphatic carbocycles. The van der Waals surface area contributed by atoms with E-state index in [1.165, 1.54) is 17.0 Å². The van der Waals surface area contributed by atoms with E-state index in [9.17, 15) is 13.2 Å². The highest BCUT2D eigenvalue weighted by molar-refractivity contribution is 7.89. The number of thiophene rings is 1. The van der Waals surface area contributed by atoms with Crippen molar-refractivity contribution < 1.29 is 17.9 Å². The Morgan fingerprint density at radius 3 is 2.86 bits per heavy atom. The molecule has 2 saturated heterocycles. The lowest BCUT2D eigenvalue weighted by Gasteiger charge is -2.24. The number of rotatable bonds is 6. The number of hydrogen-bond acceptors (Lipinski definition) is 5. The third-order valence-corrected chi connectivity index (χ3v) is 7.70. The molecule has 0 unspecified atom stereocenters. The summed E-state index contributed by atoms with van der Waals surface area (Å²) in [6.45, 7) is 1.63. The van der Waals surface area contributed by atoms with Gasteiger partial charge < -0.3 is 9.64 Å². The van der Waals surface area contributed by atoms with E-state index < -0.39 is 10.0 Å². The van der Waals surface area contributed by atoms with Crippen LogP contribution < -0.4 is 4.72 Å². The fourth-order valence-corrected chi connectivity index (χ4v) is 5.83. The van der Waals surface area contributed by atoms with Crippen molar-refractivity contribution in [2.75, 3.05) is 19.7 Å². The van der Waals surface area contributed by atoms with Gasteiger partial charge in [-0.05, 0) is 55.3 Å². The standard InChI is InChI=1S/C20H24N2O4S2/c23-20(22-10-2-8-18(22)19-9-4-12-27-19)15-5-1-7-17(13-15)28(24,25)21-14-16-6-3-11-26-16/h1,4-5,7,9,12-13,16,18,21H,2-3,6,8,10-11,14H2/t16-,18+/m0/s1. The van der Waals surface area contributed by atoms with Crippen LogP contribution in [0.2, 0.25) is 0 Å². The highest BCUT2D eigenvalue weighted by Crippen LogP contribution is 2.35. The van der Waals surface area contributed by atoms with E-state index in [1.54, 1.807) is 23.5 Å². The Kier molecular flexibility index (Phi) is 5.82. The first-order valence-electron chi connectivity index (χ1n) is 9.60. The van der Waals surface area contributed by atoms with Gasteiger partial charge in [-0.25, -0.2) is 13.1 Å². The van der Waals surface area contributed by atoms with Crippen LogP contribution in [0.15, 0.2) is 46.7 Å². The summed E-state index contributed by atoms with van der Waals surface area (Å²) in [5.74, 6) is -0.118. The number of nitrogens with one attached hydrogen (secondary N) is 1. The second kappa shape index (κ2) is 8.32. The quantitative estimate of drug-likeness (QED) is 0.779. The van der Waals surface area contributed by atoms with Gasteiger partial charge in [0.25, 0.3) is 5.91 Å². The molecule has 8 heteroatoms. The third-order valence-electron chi connectivity index (χ3n) is 5.30. The van der Waals surface area contributed by atoms with Crippen LogP contribution in [0.1, 0.15) is 47.0 Å². The zero-order valence-electron chi connectivity index (χ0n) is 15.5. The van der Waals surface area contributed by atoms with Crippen LogP contribution in [0.4, 0.5) is 0 Å². The summed E-state index contributed by atoms with van der Waals surface area (Å²) in [4.78, 5) is 16.2. The highest BCUT2D eigenvalue weighted by Gasteiger charge is 2.31. The minimum Gasteiger partial charge on any atom is -0.377 e. The lowest BCUT2D eigenvalue weighted by Crippen LogP contribution is -2.32. The second-order valence-corrected chi connectivity index (χ2v) is 9.93. The van der Waals surface area contributed by atoms with E-state index in [2.05, 4.69) is 10.8 Å². The minimum absolute atomic E-state index is 0.0734. The Bertz CT molecular complexity index is 921. The molecule has 1 aromatic carbocycles. The molecule has 0 spiro atoms. The van der Waals surface area contributed by atoms with Gasteiger partial charge in [0.05, 0.1) is 17.0 Å². The lowest BCUT2D eigenvalue weighted by molar-refractivity contribution is 0.0737. The summed E-state index contributed by atoms with van der Waals surface area (Å²) in [6, 6.07) is 10.4. The SMILES string of the molecule is O=C(c1cccc(S(=O)(=O)NC[C@@H]2CCCO2)c1)N1CCC[C@@H]1c1cccs1. The largest absolute Gasteiger partial charge is 0.377 e. The van der Waals surface area contributed by atoms with Gasteiger partial charge >= 0.3 is 0 Å². The molecule has 4 rings (SSSR count). The second-order valence-electron chi connectivity index (χ2n) is 7.19. The molecule has 3 heterocycles. The maximum atomic E-state index is 13.1. The summed E-state index contributed by atoms with van der Waals surface area (Å²) in [5.41, 5.74) is 0.406. The van der Waals surface area contributed by atoms with Crippen LogP contribution in [0.25, 0.3) is 0 Å². The molecule has 2 aliphatic heterocycles. The van der Waals surface area contributed by atoms with Crippen molar-refractivity contribution >= 4 is 27.3 Å². The Hall–Kier alpha value is -1.74. The molecule has 28 heavy (non-hydrogen) atoms. The number of hydrogen-bond donors (Lipinski definition) is 1. The average Bonchev–Trinajstić information content (AvgIpc) is 3.48. The molecule has 1 aromatic heterocycles. The number of carbonyl (C=O) groups excluding carboxylic acids is 1. The summed E-state index contributed by atoms with van der Waals surface area (Å²) >= 11 is 1.65. The van der Waals surface area contributed by atoms with Gasteiger partial charge in [0, 0.05) is 30.1 Å². The zero-order valence-corrected chi connectivity index (χ0v) is 17.2. The van der Waals surface area contributed by atoms with Gasteiger partial charge in [-0.15, -0.1) is 11.3 Å². The summed E-state index contributed by atoms with van der Waals surface area (Å²) in [6.07, 6.45) is 3.64. The smallest absolute Gasteiger partial charge is 0.254 e. The first-order valence-corrected chi connectivity index (χ1v) is 12.0. The van der Waals surface area contributed by atoms with Crippen LogP contribution in [0.5, 0.6) is 0 Å². The van der Waals surface area contributed by atoms with Gasteiger partial charge in [-0.2, -0.15) is 0 Å². The normalized spacial score (nSPS) is 22.6. The fourth-order valence-electron chi connectivity index (χ4n) is 3.84. The topological polar surface area (TPSA) is 75.7 Å². The van der Waals surface area contributed by atoms with Crippen LogP contribution in [-0.2, 0) is 14.8 Å². The van der Waals surface area contributed by atoms with Crippen molar-refractivity contribution in [3.63, 3.8) is 0 Å². The maximum absolute atomic E-state index is 13.1. The fraction of sp³-hybridized carbons (Fsp3) is 0.450. The molecule has 2 aliphatic rings. The number of amides is 1. The van der Waals surface area contributed by atoms with Gasteiger partial charge in [-0.1, -0.05) is 12.1 Å². The molecular weight excluding hydrogens is 396 g/mol. The van der Waals surface area contributed by atoms with E-state index in [1.807, 2.05) is 16.3 Å². The van der Waals surface area contributed by atoms with Crippen molar-refractivity contribution in [3.05, 3.63) is 52.2 Å². The van der Waals surface area contributed by atoms with Crippen LogP contribution in [0.3, 0.4) is 0 Å². The molecule has 6 nitrogen and oxygen atoms in total. The molecule has 2 fully saturated rings. The molecule has 1 amide bonds. The van der Waals surface area contributed by atoms with Crippen molar-refractivity contribution in [2.45, 2.75) is 42.7 Å². The molecule has 0 saturated carbocycles. The average molecular weight is 421 g/mol. The van der Waals surface area contributed by atoms with E-state index >= 15 is 0 Å². The summed E-state index contributed by atoms with van der Waals surface area (Å²) in [7, 11) is -3.68.